The highest BCUT2D eigenvalue weighted by Gasteiger charge is 2.40. The lowest BCUT2D eigenvalue weighted by Crippen LogP contribution is -2.57. The molecule has 136 heavy (non-hydrogen) atoms. The number of benzene rings is 2. The van der Waals surface area contributed by atoms with Gasteiger partial charge in [-0.3, -0.25) is 57.6 Å². The summed E-state index contributed by atoms with van der Waals surface area (Å²) in [6.07, 6.45) is 4.36. The van der Waals surface area contributed by atoms with Gasteiger partial charge >= 0.3 is 30.2 Å². The standard InChI is InChI=1S/C97H150N12O27/c1-17-66(7)86-90(118)101-71(12)94(122)136-87(67(8)18-2)69(10)79(37-32-68(9)93(121)134-80(59-64(3)4)89(117)100-70(11)91(119)108(16)77(60-72-27-21-19-22-28-72)92(120)107(15)62-82(113)104-86)135-97(125)106(14)44-43-105(13)96(124)133-63-73-33-35-75(36-34-73)102-88(116)74(29-25-41-99-95(98)123)61-78(111)85(65(5)6)103-81(112)40-46-127-48-50-129-52-54-131-56-58-132-57-55-130-53-51-128-49-47-126-45-26-31-76(110)30-23-20-24-42-109-83(114)38-39-84(109)115/h18-19,21-22,27-28,32-36,38-39,64-66,69-71,74,77,79-80,85-87H,17,20,23-26,29-31,37,40-63H2,1-16H3,(H,100,117)(H,101,118)(H,102,116)(H,103,112)(H,104,113)(H3,98,99,123)/b67-18+,68-32+/t66?,69-,70-,71+,74-,77+,79-,80+,85+,86-,87+/m0/s1. The molecule has 0 radical (unpaired) electrons. The Bertz CT molecular complexity index is 4210. The number of nitrogens with zero attached hydrogens (tertiary/aromatic N) is 5. The van der Waals surface area contributed by atoms with Crippen LogP contribution in [0.2, 0.25) is 0 Å². The average Bonchev–Trinajstić information content (AvgIpc) is 1.10. The fourth-order valence-corrected chi connectivity index (χ4v) is 14.2. The number of imide groups is 1. The molecule has 0 aliphatic carbocycles. The zero-order chi connectivity index (χ0) is 101. The maximum absolute atomic E-state index is 14.5. The van der Waals surface area contributed by atoms with E-state index in [1.165, 1.54) is 86.8 Å². The fraction of sp³-hybridized carbons (Fsp3) is 0.649. The number of unbranched alkanes of at least 4 members (excludes halogenated alkanes) is 2. The quantitative estimate of drug-likeness (QED) is 0.0115. The number of ether oxygens (including phenoxy) is 11. The van der Waals surface area contributed by atoms with E-state index in [-0.39, 0.29) is 132 Å². The molecule has 0 aromatic heterocycles. The van der Waals surface area contributed by atoms with Gasteiger partial charge in [0.25, 0.3) is 17.7 Å². The summed E-state index contributed by atoms with van der Waals surface area (Å²) in [5, 5.41) is 16.2. The van der Waals surface area contributed by atoms with E-state index < -0.39 is 144 Å². The molecule has 2 aliphatic rings. The number of amides is 13. The van der Waals surface area contributed by atoms with Gasteiger partial charge in [0.15, 0.2) is 11.9 Å². The van der Waals surface area contributed by atoms with Crippen molar-refractivity contribution in [2.24, 2.45) is 35.3 Å². The molecule has 0 fully saturated rings. The topological polar surface area (TPSA) is 489 Å². The highest BCUT2D eigenvalue weighted by Crippen LogP contribution is 2.28. The monoisotopic (exact) mass is 1920 g/mol. The first-order valence-corrected chi connectivity index (χ1v) is 47.1. The summed E-state index contributed by atoms with van der Waals surface area (Å²) in [6.45, 7) is 24.3. The smallest absolute Gasteiger partial charge is 0.409 e. The van der Waals surface area contributed by atoms with Crippen molar-refractivity contribution in [1.29, 1.82) is 0 Å². The predicted molar refractivity (Wildman–Crippen MR) is 504 cm³/mol. The van der Waals surface area contributed by atoms with Crippen molar-refractivity contribution in [3.63, 3.8) is 0 Å². The van der Waals surface area contributed by atoms with Crippen LogP contribution in [0.15, 0.2) is 90.0 Å². The molecule has 2 heterocycles. The second-order valence-electron chi connectivity index (χ2n) is 34.9. The molecule has 2 aromatic carbocycles. The van der Waals surface area contributed by atoms with Crippen molar-refractivity contribution in [2.45, 2.75) is 228 Å². The number of ketones is 2. The summed E-state index contributed by atoms with van der Waals surface area (Å²) in [7, 11) is 5.67. The second-order valence-corrected chi connectivity index (χ2v) is 34.9. The zero-order valence-corrected chi connectivity index (χ0v) is 82.4. The van der Waals surface area contributed by atoms with Gasteiger partial charge in [0, 0.05) is 135 Å². The fourth-order valence-electron chi connectivity index (χ4n) is 14.2. The summed E-state index contributed by atoms with van der Waals surface area (Å²) in [4.78, 5) is 221. The van der Waals surface area contributed by atoms with Crippen LogP contribution in [0, 0.1) is 29.6 Å². The highest BCUT2D eigenvalue weighted by atomic mass is 16.6. The Morgan fingerprint density at radius 2 is 1.20 bits per heavy atom. The van der Waals surface area contributed by atoms with Crippen LogP contribution in [0.4, 0.5) is 20.1 Å². The number of allylic oxidation sites excluding steroid dienone is 1. The summed E-state index contributed by atoms with van der Waals surface area (Å²) < 4.78 is 62.8. The summed E-state index contributed by atoms with van der Waals surface area (Å²) in [6, 6.07) is 8.60. The van der Waals surface area contributed by atoms with Gasteiger partial charge in [0.05, 0.1) is 98.5 Å². The number of likely N-dealkylation sites (N-methyl/N-ethyl adjacent to an activating group) is 4. The van der Waals surface area contributed by atoms with Gasteiger partial charge in [-0.25, -0.2) is 24.0 Å². The minimum absolute atomic E-state index is 0.00581. The number of esters is 2. The first-order chi connectivity index (χ1) is 64.8. The van der Waals surface area contributed by atoms with Crippen LogP contribution < -0.4 is 37.6 Å². The second kappa shape index (κ2) is 64.8. The normalized spacial score (nSPS) is 19.9. The van der Waals surface area contributed by atoms with Gasteiger partial charge in [-0.15, -0.1) is 0 Å². The number of nitrogens with two attached hydrogens (primary N) is 1. The first-order valence-electron chi connectivity index (χ1n) is 47.1. The van der Waals surface area contributed by atoms with Gasteiger partial charge in [0.2, 0.25) is 35.4 Å². The number of hydrogen-bond donors (Lipinski definition) is 7. The molecule has 13 amide bonds. The first kappa shape index (κ1) is 117. The van der Waals surface area contributed by atoms with E-state index in [9.17, 15) is 76.7 Å². The van der Waals surface area contributed by atoms with Crippen molar-refractivity contribution < 1.29 is 129 Å². The molecule has 0 saturated carbocycles. The van der Waals surface area contributed by atoms with E-state index in [1.807, 2.05) is 20.8 Å². The summed E-state index contributed by atoms with van der Waals surface area (Å²) in [5.74, 6) is -9.95. The van der Waals surface area contributed by atoms with Crippen LogP contribution in [0.3, 0.4) is 0 Å². The Morgan fingerprint density at radius 1 is 0.640 bits per heavy atom. The van der Waals surface area contributed by atoms with Crippen LogP contribution in [0.25, 0.3) is 0 Å². The number of primary amides is 1. The largest absolute Gasteiger partial charge is 0.456 e. The molecule has 39 nitrogen and oxygen atoms in total. The molecule has 760 valence electrons. The lowest BCUT2D eigenvalue weighted by Gasteiger charge is -2.33. The van der Waals surface area contributed by atoms with Crippen LogP contribution in [-0.4, -0.2) is 321 Å². The van der Waals surface area contributed by atoms with Gasteiger partial charge < -0.3 is 109 Å². The van der Waals surface area contributed by atoms with Gasteiger partial charge in [0.1, 0.15) is 48.8 Å². The Morgan fingerprint density at radius 3 is 1.76 bits per heavy atom. The molecular formula is C97H150N12O27. The zero-order valence-electron chi connectivity index (χ0n) is 82.4. The van der Waals surface area contributed by atoms with E-state index >= 15 is 0 Å². The minimum Gasteiger partial charge on any atom is -0.456 e. The number of nitrogens with one attached hydrogen (secondary N) is 6. The molecule has 1 unspecified atom stereocenters. The molecule has 2 aromatic rings. The Labute approximate surface area is 800 Å². The highest BCUT2D eigenvalue weighted by molar-refractivity contribution is 6.13. The number of carbonyl (C=O) groups is 16. The van der Waals surface area contributed by atoms with E-state index in [2.05, 4.69) is 31.9 Å². The molecule has 39 heteroatoms. The Hall–Kier alpha value is -11.1. The lowest BCUT2D eigenvalue weighted by atomic mass is 9.89. The van der Waals surface area contributed by atoms with Crippen molar-refractivity contribution in [3.05, 3.63) is 101 Å². The number of rotatable bonds is 55. The van der Waals surface area contributed by atoms with Crippen LogP contribution in [-0.2, 0) is 127 Å². The number of urea groups is 1. The SMILES string of the molecule is C/C=C(\C)[C@H]1OC(=O)[C@@H](C)NC(=O)[C@H](C(C)CC)NC(=O)CN(C)C(=O)[C@@H](Cc2ccccc2)N(C)C(=O)[C@H](C)NC(=O)[C@@H](CC(C)C)OC(=O)/C(C)=C/C[C@H](OC(=O)N(C)CCN(C)C(=O)OCc2ccc(NC(=O)[C@@H](CCCNC(N)=O)CC(=O)[C@H](NC(=O)CCOCCOCCOCCOCCOCCOCCOCCCC(=O)CCCCCN3C(=O)C=CC3=O)C(C)C)cc2)[C@@H]1C. The minimum atomic E-state index is -1.42. The van der Waals surface area contributed by atoms with Crippen molar-refractivity contribution in [1.82, 2.24) is 51.1 Å². The third-order valence-electron chi connectivity index (χ3n) is 22.9. The maximum Gasteiger partial charge on any atom is 0.409 e. The van der Waals surface area contributed by atoms with Crippen LogP contribution >= 0.6 is 0 Å². The summed E-state index contributed by atoms with van der Waals surface area (Å²) >= 11 is 0. The van der Waals surface area contributed by atoms with Crippen molar-refractivity contribution >= 4 is 101 Å². The lowest BCUT2D eigenvalue weighted by molar-refractivity contribution is -0.155. The van der Waals surface area contributed by atoms with Crippen LogP contribution in [0.1, 0.15) is 178 Å². The Kier molecular flexibility index (Phi) is 55.9. The van der Waals surface area contributed by atoms with E-state index in [0.29, 0.717) is 134 Å². The van der Waals surface area contributed by atoms with E-state index in [0.717, 1.165) is 17.7 Å². The number of Topliss-reactive ketones (excluding diaryl/α,β-unsaturated/α-hetero) is 2. The number of cyclic esters (lactones) is 2. The van der Waals surface area contributed by atoms with Crippen molar-refractivity contribution in [3.8, 4) is 0 Å². The molecule has 8 N–H and O–H groups in total. The van der Waals surface area contributed by atoms with E-state index in [4.69, 9.17) is 57.8 Å². The molecule has 11 atom stereocenters. The van der Waals surface area contributed by atoms with Gasteiger partial charge in [-0.1, -0.05) is 116 Å². The third-order valence-corrected chi connectivity index (χ3v) is 22.9. The molecule has 0 bridgehead atoms. The average molecular weight is 1920 g/mol. The third kappa shape index (κ3) is 45.2. The molecule has 0 spiro atoms. The van der Waals surface area contributed by atoms with Crippen molar-refractivity contribution in [2.75, 3.05) is 159 Å². The van der Waals surface area contributed by atoms with Gasteiger partial charge in [-0.05, 0) is 120 Å². The molecule has 0 saturated heterocycles. The predicted octanol–water partition coefficient (Wildman–Crippen LogP) is 7.03. The molecular weight excluding hydrogens is 1770 g/mol. The summed E-state index contributed by atoms with van der Waals surface area (Å²) in [5.41, 5.74) is 7.37. The van der Waals surface area contributed by atoms with Gasteiger partial charge in [-0.2, -0.15) is 0 Å². The Balaban J connectivity index is 1.27. The van der Waals surface area contributed by atoms with E-state index in [1.54, 1.807) is 102 Å². The van der Waals surface area contributed by atoms with Crippen LogP contribution in [0.5, 0.6) is 0 Å². The molecule has 4 rings (SSSR count). The number of hydrogen-bond acceptors (Lipinski definition) is 27. The number of anilines is 1. The number of carbonyl (C=O) groups excluding carboxylic acids is 16. The molecule has 2 aliphatic heterocycles. The maximum atomic E-state index is 14.5.